The summed E-state index contributed by atoms with van der Waals surface area (Å²) in [6.45, 7) is 0.275. The molecule has 9 heteroatoms. The first-order valence-corrected chi connectivity index (χ1v) is 6.73. The highest BCUT2D eigenvalue weighted by molar-refractivity contribution is 7.90. The van der Waals surface area contributed by atoms with Gasteiger partial charge < -0.3 is 15.6 Å². The van der Waals surface area contributed by atoms with Gasteiger partial charge in [-0.05, 0) is 18.2 Å². The van der Waals surface area contributed by atoms with Gasteiger partial charge in [0, 0.05) is 19.3 Å². The molecule has 0 aliphatic heterocycles. The standard InChI is InChI=1S/C10H15N3O5S/c1-18-5-4-12-19(16,17)13-9-3-2-7(11)6-8(9)10(14)15/h2-3,6,12-13H,4-5,11H2,1H3,(H,14,15). The van der Waals surface area contributed by atoms with Gasteiger partial charge in [0.1, 0.15) is 0 Å². The lowest BCUT2D eigenvalue weighted by atomic mass is 10.1. The van der Waals surface area contributed by atoms with Crippen molar-refractivity contribution in [2.45, 2.75) is 0 Å². The molecule has 0 aromatic heterocycles. The largest absolute Gasteiger partial charge is 0.478 e. The molecule has 1 aromatic rings. The molecule has 0 saturated heterocycles. The van der Waals surface area contributed by atoms with Crippen LogP contribution in [0.3, 0.4) is 0 Å². The van der Waals surface area contributed by atoms with Gasteiger partial charge >= 0.3 is 5.97 Å². The number of nitrogens with one attached hydrogen (secondary N) is 2. The summed E-state index contributed by atoms with van der Waals surface area (Å²) in [5.41, 5.74) is 5.40. The van der Waals surface area contributed by atoms with E-state index in [1.165, 1.54) is 25.3 Å². The molecule has 0 bridgehead atoms. The van der Waals surface area contributed by atoms with Crippen LogP contribution in [-0.4, -0.2) is 39.8 Å². The molecule has 0 saturated carbocycles. The van der Waals surface area contributed by atoms with Gasteiger partial charge in [-0.2, -0.15) is 13.1 Å². The summed E-state index contributed by atoms with van der Waals surface area (Å²) in [5.74, 6) is -1.28. The van der Waals surface area contributed by atoms with Crippen molar-refractivity contribution in [2.75, 3.05) is 30.7 Å². The maximum Gasteiger partial charge on any atom is 0.337 e. The lowest BCUT2D eigenvalue weighted by Crippen LogP contribution is -2.33. The van der Waals surface area contributed by atoms with Gasteiger partial charge in [0.05, 0.1) is 17.9 Å². The van der Waals surface area contributed by atoms with Crippen LogP contribution < -0.4 is 15.2 Å². The number of methoxy groups -OCH3 is 1. The van der Waals surface area contributed by atoms with Gasteiger partial charge in [0.15, 0.2) is 0 Å². The fourth-order valence-corrected chi connectivity index (χ4v) is 2.18. The number of benzene rings is 1. The molecule has 0 atom stereocenters. The molecule has 0 aliphatic rings. The fraction of sp³-hybridized carbons (Fsp3) is 0.300. The zero-order valence-electron chi connectivity index (χ0n) is 10.2. The van der Waals surface area contributed by atoms with Crippen LogP contribution in [0.1, 0.15) is 10.4 Å². The van der Waals surface area contributed by atoms with Crippen LogP contribution in [-0.2, 0) is 14.9 Å². The number of carboxylic acid groups (broad SMARTS) is 1. The Kier molecular flexibility index (Phi) is 5.10. The molecule has 0 amide bonds. The van der Waals surface area contributed by atoms with Gasteiger partial charge in [-0.15, -0.1) is 0 Å². The predicted molar refractivity (Wildman–Crippen MR) is 70.2 cm³/mol. The first kappa shape index (κ1) is 15.2. The van der Waals surface area contributed by atoms with E-state index >= 15 is 0 Å². The van der Waals surface area contributed by atoms with Crippen molar-refractivity contribution in [2.24, 2.45) is 0 Å². The fourth-order valence-electron chi connectivity index (χ4n) is 1.29. The average molecular weight is 289 g/mol. The molecule has 0 unspecified atom stereocenters. The Hall–Kier alpha value is -1.84. The molecule has 1 aromatic carbocycles. The van der Waals surface area contributed by atoms with Crippen molar-refractivity contribution in [1.82, 2.24) is 4.72 Å². The smallest absolute Gasteiger partial charge is 0.337 e. The van der Waals surface area contributed by atoms with Crippen LogP contribution in [0.4, 0.5) is 11.4 Å². The summed E-state index contributed by atoms with van der Waals surface area (Å²) in [7, 11) is -2.43. The van der Waals surface area contributed by atoms with Crippen LogP contribution >= 0.6 is 0 Å². The number of hydrogen-bond acceptors (Lipinski definition) is 5. The summed E-state index contributed by atoms with van der Waals surface area (Å²) in [4.78, 5) is 11.0. The van der Waals surface area contributed by atoms with Gasteiger partial charge in [-0.3, -0.25) is 4.72 Å². The Morgan fingerprint density at radius 1 is 1.47 bits per heavy atom. The molecule has 0 radical (unpaired) electrons. The number of nitrogens with two attached hydrogens (primary N) is 1. The zero-order chi connectivity index (χ0) is 14.5. The molecule has 0 spiro atoms. The number of carboxylic acids is 1. The Morgan fingerprint density at radius 3 is 2.74 bits per heavy atom. The van der Waals surface area contributed by atoms with E-state index in [0.717, 1.165) is 0 Å². The van der Waals surface area contributed by atoms with Crippen molar-refractivity contribution in [3.8, 4) is 0 Å². The summed E-state index contributed by atoms with van der Waals surface area (Å²) in [6.07, 6.45) is 0. The molecule has 0 aliphatic carbocycles. The topological polar surface area (TPSA) is 131 Å². The minimum atomic E-state index is -3.86. The van der Waals surface area contributed by atoms with Crippen LogP contribution in [0.15, 0.2) is 18.2 Å². The Labute approximate surface area is 110 Å². The van der Waals surface area contributed by atoms with Crippen LogP contribution in [0.2, 0.25) is 0 Å². The molecular weight excluding hydrogens is 274 g/mol. The zero-order valence-corrected chi connectivity index (χ0v) is 11.0. The predicted octanol–water partition coefficient (Wildman–Crippen LogP) is -0.140. The van der Waals surface area contributed by atoms with Crippen molar-refractivity contribution in [1.29, 1.82) is 0 Å². The van der Waals surface area contributed by atoms with Gasteiger partial charge in [-0.25, -0.2) is 4.79 Å². The molecule has 106 valence electrons. The molecule has 0 fully saturated rings. The second-order valence-corrected chi connectivity index (χ2v) is 5.10. The number of aromatic carboxylic acids is 1. The lowest BCUT2D eigenvalue weighted by Gasteiger charge is -2.11. The minimum Gasteiger partial charge on any atom is -0.478 e. The minimum absolute atomic E-state index is 0.0633. The SMILES string of the molecule is COCCNS(=O)(=O)Nc1ccc(N)cc1C(=O)O. The van der Waals surface area contributed by atoms with E-state index in [4.69, 9.17) is 15.6 Å². The maximum absolute atomic E-state index is 11.6. The van der Waals surface area contributed by atoms with E-state index in [1.54, 1.807) is 0 Å². The summed E-state index contributed by atoms with van der Waals surface area (Å²) < 4.78 is 32.3. The Balaban J connectivity index is 2.90. The van der Waals surface area contributed by atoms with Crippen LogP contribution in [0.5, 0.6) is 0 Å². The molecule has 1 rings (SSSR count). The van der Waals surface area contributed by atoms with Gasteiger partial charge in [0.25, 0.3) is 10.2 Å². The van der Waals surface area contributed by atoms with Gasteiger partial charge in [-0.1, -0.05) is 0 Å². The summed E-state index contributed by atoms with van der Waals surface area (Å²) >= 11 is 0. The highest BCUT2D eigenvalue weighted by Gasteiger charge is 2.16. The quantitative estimate of drug-likeness (QED) is 0.408. The lowest BCUT2D eigenvalue weighted by molar-refractivity contribution is 0.0698. The van der Waals surface area contributed by atoms with E-state index < -0.39 is 16.2 Å². The number of carbonyl (C=O) groups is 1. The average Bonchev–Trinajstić information content (AvgIpc) is 2.31. The van der Waals surface area contributed by atoms with E-state index in [1.807, 2.05) is 0 Å². The van der Waals surface area contributed by atoms with E-state index in [-0.39, 0.29) is 30.1 Å². The normalized spacial score (nSPS) is 11.2. The van der Waals surface area contributed by atoms with E-state index in [9.17, 15) is 13.2 Å². The first-order chi connectivity index (χ1) is 8.85. The summed E-state index contributed by atoms with van der Waals surface area (Å²) in [5, 5.41) is 8.97. The number of ether oxygens (including phenoxy) is 1. The molecule has 8 nitrogen and oxygen atoms in total. The third kappa shape index (κ3) is 4.73. The molecule has 0 heterocycles. The van der Waals surface area contributed by atoms with Crippen molar-refractivity contribution in [3.63, 3.8) is 0 Å². The Bertz CT molecular complexity index is 558. The van der Waals surface area contributed by atoms with Crippen molar-refractivity contribution < 1.29 is 23.1 Å². The maximum atomic E-state index is 11.6. The van der Waals surface area contributed by atoms with Gasteiger partial charge in [0.2, 0.25) is 0 Å². The number of nitrogen functional groups attached to an aromatic ring is 1. The highest BCUT2D eigenvalue weighted by atomic mass is 32.2. The monoisotopic (exact) mass is 289 g/mol. The number of anilines is 2. The molecule has 19 heavy (non-hydrogen) atoms. The first-order valence-electron chi connectivity index (χ1n) is 5.25. The van der Waals surface area contributed by atoms with Crippen LogP contribution in [0, 0.1) is 0 Å². The number of hydrogen-bond donors (Lipinski definition) is 4. The third-order valence-electron chi connectivity index (χ3n) is 2.12. The van der Waals surface area contributed by atoms with Crippen molar-refractivity contribution >= 4 is 27.6 Å². The molecule has 5 N–H and O–H groups in total. The highest BCUT2D eigenvalue weighted by Crippen LogP contribution is 2.19. The van der Waals surface area contributed by atoms with Crippen molar-refractivity contribution in [3.05, 3.63) is 23.8 Å². The van der Waals surface area contributed by atoms with E-state index in [2.05, 4.69) is 9.44 Å². The van der Waals surface area contributed by atoms with Crippen LogP contribution in [0.25, 0.3) is 0 Å². The number of rotatable bonds is 7. The third-order valence-corrected chi connectivity index (χ3v) is 3.19. The second kappa shape index (κ2) is 6.36. The summed E-state index contributed by atoms with van der Waals surface area (Å²) in [6, 6.07) is 3.86. The Morgan fingerprint density at radius 2 is 2.16 bits per heavy atom. The second-order valence-electron chi connectivity index (χ2n) is 3.60. The van der Waals surface area contributed by atoms with E-state index in [0.29, 0.717) is 0 Å². The molecular formula is C10H15N3O5S.